The summed E-state index contributed by atoms with van der Waals surface area (Å²) in [6.07, 6.45) is -0.448. The van der Waals surface area contributed by atoms with Gasteiger partial charge in [0.25, 0.3) is 0 Å². The highest BCUT2D eigenvalue weighted by atomic mass is 35.5. The number of benzene rings is 1. The fourth-order valence-electron chi connectivity index (χ4n) is 1.62. The molecule has 0 saturated carbocycles. The van der Waals surface area contributed by atoms with Crippen LogP contribution in [0.15, 0.2) is 18.2 Å². The van der Waals surface area contributed by atoms with Gasteiger partial charge in [-0.05, 0) is 32.0 Å². The number of imidazole rings is 1. The molecular weight excluding hydrogens is 240 g/mol. The summed E-state index contributed by atoms with van der Waals surface area (Å²) >= 11 is 5.92. The number of H-pyrrole nitrogens is 1. The molecule has 4 nitrogen and oxygen atoms in total. The monoisotopic (exact) mass is 254 g/mol. The summed E-state index contributed by atoms with van der Waals surface area (Å²) in [5.74, 6) is 0.672. The number of hydrogen-bond acceptors (Lipinski definition) is 3. The average molecular weight is 255 g/mol. The number of fused-ring (bicyclic) bond motifs is 1. The lowest BCUT2D eigenvalue weighted by atomic mass is 10.3. The van der Waals surface area contributed by atoms with E-state index in [1.165, 1.54) is 0 Å². The molecule has 92 valence electrons. The molecule has 5 heteroatoms. The number of aromatic amines is 1. The third-order valence-corrected chi connectivity index (χ3v) is 2.56. The second-order valence-corrected chi connectivity index (χ2v) is 3.96. The van der Waals surface area contributed by atoms with E-state index in [4.69, 9.17) is 21.1 Å². The molecule has 0 aliphatic heterocycles. The van der Waals surface area contributed by atoms with Crippen molar-refractivity contribution >= 4 is 22.6 Å². The molecule has 0 atom stereocenters. The molecule has 0 saturated heterocycles. The molecule has 1 aromatic carbocycles. The van der Waals surface area contributed by atoms with E-state index < -0.39 is 6.29 Å². The average Bonchev–Trinajstić information content (AvgIpc) is 2.71. The lowest BCUT2D eigenvalue weighted by Crippen LogP contribution is -2.10. The number of nitrogens with one attached hydrogen (secondary N) is 1. The van der Waals surface area contributed by atoms with E-state index in [0.717, 1.165) is 11.0 Å². The van der Waals surface area contributed by atoms with Crippen molar-refractivity contribution in [1.29, 1.82) is 0 Å². The normalized spacial score (nSPS) is 11.5. The molecular formula is C12H15ClN2O2. The highest BCUT2D eigenvalue weighted by Crippen LogP contribution is 2.22. The maximum atomic E-state index is 5.92. The minimum atomic E-state index is -0.448. The minimum absolute atomic E-state index is 0.448. The van der Waals surface area contributed by atoms with E-state index in [9.17, 15) is 0 Å². The van der Waals surface area contributed by atoms with Gasteiger partial charge in [0, 0.05) is 18.2 Å². The summed E-state index contributed by atoms with van der Waals surface area (Å²) in [6.45, 7) is 4.99. The van der Waals surface area contributed by atoms with Crippen LogP contribution in [0.5, 0.6) is 0 Å². The number of aromatic nitrogens is 2. The van der Waals surface area contributed by atoms with Gasteiger partial charge in [-0.25, -0.2) is 4.98 Å². The van der Waals surface area contributed by atoms with Crippen LogP contribution in [0.1, 0.15) is 26.0 Å². The van der Waals surface area contributed by atoms with Crippen molar-refractivity contribution in [2.24, 2.45) is 0 Å². The van der Waals surface area contributed by atoms with Crippen molar-refractivity contribution in [3.63, 3.8) is 0 Å². The van der Waals surface area contributed by atoms with Crippen molar-refractivity contribution < 1.29 is 9.47 Å². The van der Waals surface area contributed by atoms with Gasteiger partial charge in [-0.3, -0.25) is 0 Å². The van der Waals surface area contributed by atoms with E-state index in [2.05, 4.69) is 9.97 Å². The highest BCUT2D eigenvalue weighted by Gasteiger charge is 2.15. The van der Waals surface area contributed by atoms with Crippen LogP contribution in [0.4, 0.5) is 0 Å². The zero-order chi connectivity index (χ0) is 12.3. The first-order valence-corrected chi connectivity index (χ1v) is 6.00. The third kappa shape index (κ3) is 2.77. The molecule has 0 unspecified atom stereocenters. The molecule has 0 aliphatic rings. The van der Waals surface area contributed by atoms with E-state index in [-0.39, 0.29) is 0 Å². The van der Waals surface area contributed by atoms with Crippen LogP contribution in [0.25, 0.3) is 11.0 Å². The maximum absolute atomic E-state index is 5.92. The molecule has 0 spiro atoms. The maximum Gasteiger partial charge on any atom is 0.217 e. The predicted molar refractivity (Wildman–Crippen MR) is 67.1 cm³/mol. The van der Waals surface area contributed by atoms with Gasteiger partial charge in [0.2, 0.25) is 6.29 Å². The van der Waals surface area contributed by atoms with Crippen LogP contribution in [0.3, 0.4) is 0 Å². The molecule has 1 aromatic heterocycles. The van der Waals surface area contributed by atoms with E-state index in [1.807, 2.05) is 32.0 Å². The van der Waals surface area contributed by atoms with Gasteiger partial charge < -0.3 is 14.5 Å². The molecule has 2 rings (SSSR count). The Morgan fingerprint density at radius 2 is 2.00 bits per heavy atom. The number of ether oxygens (including phenoxy) is 2. The van der Waals surface area contributed by atoms with E-state index >= 15 is 0 Å². The molecule has 0 fully saturated rings. The molecule has 0 aliphatic carbocycles. The quantitative estimate of drug-likeness (QED) is 0.833. The fourth-order valence-corrected chi connectivity index (χ4v) is 1.79. The van der Waals surface area contributed by atoms with Gasteiger partial charge in [0.15, 0.2) is 5.82 Å². The predicted octanol–water partition coefficient (Wildman–Crippen LogP) is 3.29. The van der Waals surface area contributed by atoms with Gasteiger partial charge in [-0.1, -0.05) is 11.6 Å². The van der Waals surface area contributed by atoms with Crippen molar-refractivity contribution in [2.75, 3.05) is 13.2 Å². The number of nitrogens with zero attached hydrogens (tertiary/aromatic N) is 1. The lowest BCUT2D eigenvalue weighted by Gasteiger charge is -2.13. The number of hydrogen-bond donors (Lipinski definition) is 1. The van der Waals surface area contributed by atoms with Crippen molar-refractivity contribution in [3.05, 3.63) is 29.0 Å². The Kier molecular flexibility index (Phi) is 3.99. The van der Waals surface area contributed by atoms with Gasteiger partial charge in [-0.2, -0.15) is 0 Å². The Balaban J connectivity index is 2.33. The first-order valence-electron chi connectivity index (χ1n) is 5.63. The molecule has 17 heavy (non-hydrogen) atoms. The Morgan fingerprint density at radius 3 is 2.65 bits per heavy atom. The van der Waals surface area contributed by atoms with Crippen LogP contribution >= 0.6 is 11.6 Å². The zero-order valence-corrected chi connectivity index (χ0v) is 10.6. The Bertz CT molecular complexity index is 492. The van der Waals surface area contributed by atoms with Crippen LogP contribution in [0.2, 0.25) is 5.02 Å². The minimum Gasteiger partial charge on any atom is -0.346 e. The van der Waals surface area contributed by atoms with Gasteiger partial charge in [0.05, 0.1) is 11.0 Å². The van der Waals surface area contributed by atoms with Gasteiger partial charge >= 0.3 is 0 Å². The molecule has 1 N–H and O–H groups in total. The van der Waals surface area contributed by atoms with Crippen molar-refractivity contribution in [2.45, 2.75) is 20.1 Å². The zero-order valence-electron chi connectivity index (χ0n) is 9.87. The third-order valence-electron chi connectivity index (χ3n) is 2.32. The van der Waals surface area contributed by atoms with Crippen molar-refractivity contribution in [3.8, 4) is 0 Å². The summed E-state index contributed by atoms with van der Waals surface area (Å²) in [5, 5.41) is 0.678. The van der Waals surface area contributed by atoms with Crippen molar-refractivity contribution in [1.82, 2.24) is 9.97 Å². The van der Waals surface area contributed by atoms with Crippen LogP contribution < -0.4 is 0 Å². The van der Waals surface area contributed by atoms with Crippen LogP contribution in [-0.4, -0.2) is 23.2 Å². The van der Waals surface area contributed by atoms with Gasteiger partial charge in [0.1, 0.15) is 0 Å². The second-order valence-electron chi connectivity index (χ2n) is 3.53. The SMILES string of the molecule is CCOC(OCC)c1nc2ccc(Cl)cc2[nH]1. The molecule has 1 heterocycles. The van der Waals surface area contributed by atoms with E-state index in [0.29, 0.717) is 24.1 Å². The number of halogens is 1. The fraction of sp³-hybridized carbons (Fsp3) is 0.417. The summed E-state index contributed by atoms with van der Waals surface area (Å²) in [5.41, 5.74) is 1.74. The second kappa shape index (κ2) is 5.49. The van der Waals surface area contributed by atoms with Gasteiger partial charge in [-0.15, -0.1) is 0 Å². The Morgan fingerprint density at radius 1 is 1.29 bits per heavy atom. The topological polar surface area (TPSA) is 47.1 Å². The molecule has 0 amide bonds. The lowest BCUT2D eigenvalue weighted by molar-refractivity contribution is -0.144. The molecule has 2 aromatic rings. The molecule has 0 radical (unpaired) electrons. The first kappa shape index (κ1) is 12.4. The largest absolute Gasteiger partial charge is 0.346 e. The smallest absolute Gasteiger partial charge is 0.217 e. The highest BCUT2D eigenvalue weighted by molar-refractivity contribution is 6.31. The van der Waals surface area contributed by atoms with Crippen LogP contribution in [-0.2, 0) is 9.47 Å². The van der Waals surface area contributed by atoms with Crippen LogP contribution in [0, 0.1) is 0 Å². The Hall–Kier alpha value is -1.10. The first-order chi connectivity index (χ1) is 8.24. The summed E-state index contributed by atoms with van der Waals surface area (Å²) in [4.78, 5) is 7.59. The standard InChI is InChI=1S/C12H15ClN2O2/c1-3-16-12(17-4-2)11-14-9-6-5-8(13)7-10(9)15-11/h5-7,12H,3-4H2,1-2H3,(H,14,15). The van der Waals surface area contributed by atoms with E-state index in [1.54, 1.807) is 0 Å². The Labute approximate surface area is 105 Å². The summed E-state index contributed by atoms with van der Waals surface area (Å²) in [6, 6.07) is 5.51. The summed E-state index contributed by atoms with van der Waals surface area (Å²) < 4.78 is 11.0. The summed E-state index contributed by atoms with van der Waals surface area (Å²) in [7, 11) is 0. The number of rotatable bonds is 5. The molecule has 0 bridgehead atoms.